The van der Waals surface area contributed by atoms with Crippen LogP contribution in [0.2, 0.25) is 0 Å². The van der Waals surface area contributed by atoms with E-state index in [1.165, 1.54) is 0 Å². The van der Waals surface area contributed by atoms with Gasteiger partial charge in [0.1, 0.15) is 12.1 Å². The smallest absolute Gasteiger partial charge is 0.323 e. The van der Waals surface area contributed by atoms with E-state index < -0.39 is 17.5 Å². The number of aryl methyl sites for hydroxylation is 1. The molecule has 2 N–H and O–H groups in total. The first kappa shape index (κ1) is 19.4. The van der Waals surface area contributed by atoms with E-state index in [0.717, 1.165) is 21.4 Å². The Kier molecular flexibility index (Phi) is 5.87. The lowest BCUT2D eigenvalue weighted by atomic mass is 9.92. The van der Waals surface area contributed by atoms with Gasteiger partial charge in [-0.05, 0) is 66.2 Å². The van der Waals surface area contributed by atoms with Crippen LogP contribution >= 0.6 is 15.9 Å². The molecule has 1 aliphatic heterocycles. The van der Waals surface area contributed by atoms with Crippen molar-refractivity contribution in [2.75, 3.05) is 11.9 Å². The average molecular weight is 410 g/mol. The van der Waals surface area contributed by atoms with Crippen LogP contribution in [0.5, 0.6) is 0 Å². The number of rotatable bonds is 6. The molecule has 0 aromatic heterocycles. The van der Waals surface area contributed by atoms with Crippen molar-refractivity contribution >= 4 is 39.5 Å². The van der Waals surface area contributed by atoms with E-state index in [4.69, 9.17) is 0 Å². The Balaban J connectivity index is 2.03. The Labute approximate surface area is 156 Å². The molecule has 0 saturated carbocycles. The highest BCUT2D eigenvalue weighted by molar-refractivity contribution is 9.10. The van der Waals surface area contributed by atoms with Gasteiger partial charge in [0.25, 0.3) is 5.91 Å². The Hall–Kier alpha value is -1.89. The van der Waals surface area contributed by atoms with E-state index in [1.54, 1.807) is 13.0 Å². The van der Waals surface area contributed by atoms with Gasteiger partial charge in [-0.25, -0.2) is 4.79 Å². The van der Waals surface area contributed by atoms with E-state index in [2.05, 4.69) is 40.4 Å². The van der Waals surface area contributed by atoms with Crippen molar-refractivity contribution < 1.29 is 14.4 Å². The number of amides is 4. The largest absolute Gasteiger partial charge is 0.325 e. The molecule has 0 aliphatic carbocycles. The lowest BCUT2D eigenvalue weighted by Gasteiger charge is -2.22. The molecule has 7 heteroatoms. The fraction of sp³-hybridized carbons (Fsp3) is 0.500. The normalized spacial score (nSPS) is 20.2. The highest BCUT2D eigenvalue weighted by Gasteiger charge is 2.47. The number of carbonyl (C=O) groups is 3. The molecule has 6 nitrogen and oxygen atoms in total. The van der Waals surface area contributed by atoms with Crippen molar-refractivity contribution in [1.82, 2.24) is 10.2 Å². The topological polar surface area (TPSA) is 78.5 Å². The SMILES string of the molecule is Cc1ccc(NC(=O)CN2C(=O)N[C@@](C)(CCC(C)C)C2=O)c(Br)c1. The summed E-state index contributed by atoms with van der Waals surface area (Å²) in [5.74, 6) is -0.338. The summed E-state index contributed by atoms with van der Waals surface area (Å²) in [6.07, 6.45) is 1.37. The Morgan fingerprint density at radius 2 is 2.04 bits per heavy atom. The first-order chi connectivity index (χ1) is 11.6. The minimum atomic E-state index is -0.938. The fourth-order valence-electron chi connectivity index (χ4n) is 2.69. The second-order valence-corrected chi connectivity index (χ2v) is 7.97. The average Bonchev–Trinajstić information content (AvgIpc) is 2.72. The number of anilines is 1. The second kappa shape index (κ2) is 7.56. The zero-order chi connectivity index (χ0) is 18.8. The summed E-state index contributed by atoms with van der Waals surface area (Å²) in [6, 6.07) is 5.01. The third-order valence-corrected chi connectivity index (χ3v) is 4.92. The molecule has 2 rings (SSSR count). The summed E-state index contributed by atoms with van der Waals surface area (Å²) in [5.41, 5.74) is 0.719. The monoisotopic (exact) mass is 409 g/mol. The molecule has 0 unspecified atom stereocenters. The third kappa shape index (κ3) is 4.60. The second-order valence-electron chi connectivity index (χ2n) is 7.12. The van der Waals surface area contributed by atoms with Crippen LogP contribution in [0.15, 0.2) is 22.7 Å². The molecule has 0 bridgehead atoms. The summed E-state index contributed by atoms with van der Waals surface area (Å²) >= 11 is 3.39. The van der Waals surface area contributed by atoms with Crippen LogP contribution in [0.3, 0.4) is 0 Å². The minimum absolute atomic E-state index is 0.303. The van der Waals surface area contributed by atoms with Crippen LogP contribution in [-0.4, -0.2) is 34.8 Å². The number of carbonyl (C=O) groups excluding carboxylic acids is 3. The fourth-order valence-corrected chi connectivity index (χ4v) is 3.28. The Morgan fingerprint density at radius 3 is 2.64 bits per heavy atom. The molecule has 1 aromatic rings. The minimum Gasteiger partial charge on any atom is -0.323 e. The Bertz CT molecular complexity index is 705. The van der Waals surface area contributed by atoms with Gasteiger partial charge in [0.05, 0.1) is 5.69 Å². The first-order valence-electron chi connectivity index (χ1n) is 8.32. The third-order valence-electron chi connectivity index (χ3n) is 4.27. The number of hydrogen-bond donors (Lipinski definition) is 2. The van der Waals surface area contributed by atoms with Crippen molar-refractivity contribution in [2.24, 2.45) is 5.92 Å². The molecule has 1 aliphatic rings. The number of nitrogens with zero attached hydrogens (tertiary/aromatic N) is 1. The van der Waals surface area contributed by atoms with Crippen molar-refractivity contribution in [3.63, 3.8) is 0 Å². The standard InChI is InChI=1S/C18H24BrN3O3/c1-11(2)7-8-18(4)16(24)22(17(25)21-18)10-15(23)20-14-6-5-12(3)9-13(14)19/h5-6,9,11H,7-8,10H2,1-4H3,(H,20,23)(H,21,25)/t18-/m0/s1. The molecule has 4 amide bonds. The van der Waals surface area contributed by atoms with Crippen LogP contribution in [0.4, 0.5) is 10.5 Å². The van der Waals surface area contributed by atoms with Crippen LogP contribution in [0.25, 0.3) is 0 Å². The molecule has 25 heavy (non-hydrogen) atoms. The molecule has 0 spiro atoms. The van der Waals surface area contributed by atoms with Gasteiger partial charge in [-0.2, -0.15) is 0 Å². The van der Waals surface area contributed by atoms with Crippen molar-refractivity contribution in [3.05, 3.63) is 28.2 Å². The molecule has 0 radical (unpaired) electrons. The van der Waals surface area contributed by atoms with Crippen molar-refractivity contribution in [3.8, 4) is 0 Å². The molecule has 1 fully saturated rings. The van der Waals surface area contributed by atoms with E-state index in [9.17, 15) is 14.4 Å². The van der Waals surface area contributed by atoms with Crippen LogP contribution in [0, 0.1) is 12.8 Å². The number of imide groups is 1. The van der Waals surface area contributed by atoms with Crippen molar-refractivity contribution in [1.29, 1.82) is 0 Å². The molecule has 1 aromatic carbocycles. The number of urea groups is 1. The molecule has 1 saturated heterocycles. The predicted octanol–water partition coefficient (Wildman–Crippen LogP) is 3.44. The summed E-state index contributed by atoms with van der Waals surface area (Å²) in [6.45, 7) is 7.48. The maximum Gasteiger partial charge on any atom is 0.325 e. The summed E-state index contributed by atoms with van der Waals surface area (Å²) < 4.78 is 0.750. The van der Waals surface area contributed by atoms with E-state index in [1.807, 2.05) is 19.1 Å². The van der Waals surface area contributed by atoms with Crippen molar-refractivity contribution in [2.45, 2.75) is 46.1 Å². The van der Waals surface area contributed by atoms with Gasteiger partial charge in [-0.15, -0.1) is 0 Å². The summed E-state index contributed by atoms with van der Waals surface area (Å²) in [4.78, 5) is 38.0. The van der Waals surface area contributed by atoms with E-state index in [0.29, 0.717) is 18.0 Å². The quantitative estimate of drug-likeness (QED) is 0.706. The lowest BCUT2D eigenvalue weighted by Crippen LogP contribution is -2.44. The summed E-state index contributed by atoms with van der Waals surface area (Å²) in [7, 11) is 0. The molecule has 1 heterocycles. The maximum atomic E-state index is 12.6. The van der Waals surface area contributed by atoms with Gasteiger partial charge in [-0.1, -0.05) is 19.9 Å². The van der Waals surface area contributed by atoms with E-state index >= 15 is 0 Å². The number of halogens is 1. The highest BCUT2D eigenvalue weighted by atomic mass is 79.9. The number of hydrogen-bond acceptors (Lipinski definition) is 3. The van der Waals surface area contributed by atoms with E-state index in [-0.39, 0.29) is 12.5 Å². The first-order valence-corrected chi connectivity index (χ1v) is 9.12. The molecule has 1 atom stereocenters. The van der Waals surface area contributed by atoms with Gasteiger partial charge in [-0.3, -0.25) is 14.5 Å². The van der Waals surface area contributed by atoms with Gasteiger partial charge >= 0.3 is 6.03 Å². The van der Waals surface area contributed by atoms with Crippen LogP contribution in [0.1, 0.15) is 39.2 Å². The van der Waals surface area contributed by atoms with Crippen LogP contribution in [-0.2, 0) is 9.59 Å². The zero-order valence-electron chi connectivity index (χ0n) is 15.0. The van der Waals surface area contributed by atoms with Gasteiger partial charge < -0.3 is 10.6 Å². The molecular weight excluding hydrogens is 386 g/mol. The highest BCUT2D eigenvalue weighted by Crippen LogP contribution is 2.26. The number of nitrogens with one attached hydrogen (secondary N) is 2. The maximum absolute atomic E-state index is 12.6. The Morgan fingerprint density at radius 1 is 1.36 bits per heavy atom. The zero-order valence-corrected chi connectivity index (χ0v) is 16.6. The van der Waals surface area contributed by atoms with Crippen LogP contribution < -0.4 is 10.6 Å². The molecular formula is C18H24BrN3O3. The van der Waals surface area contributed by atoms with Gasteiger partial charge in [0.15, 0.2) is 0 Å². The number of benzene rings is 1. The molecule has 136 valence electrons. The van der Waals surface area contributed by atoms with Gasteiger partial charge in [0, 0.05) is 4.47 Å². The lowest BCUT2D eigenvalue weighted by molar-refractivity contribution is -0.133. The summed E-state index contributed by atoms with van der Waals surface area (Å²) in [5, 5.41) is 5.45. The predicted molar refractivity (Wildman–Crippen MR) is 100 cm³/mol. The van der Waals surface area contributed by atoms with Gasteiger partial charge in [0.2, 0.25) is 5.91 Å².